The van der Waals surface area contributed by atoms with Crippen molar-refractivity contribution in [1.82, 2.24) is 20.5 Å². The van der Waals surface area contributed by atoms with E-state index >= 15 is 0 Å². The number of hydrogen-bond donors (Lipinski definition) is 2. The third-order valence-corrected chi connectivity index (χ3v) is 6.22. The highest BCUT2D eigenvalue weighted by molar-refractivity contribution is 5.93. The number of ether oxygens (including phenoxy) is 1. The van der Waals surface area contributed by atoms with E-state index in [4.69, 9.17) is 4.74 Å². The second-order valence-corrected chi connectivity index (χ2v) is 10.2. The van der Waals surface area contributed by atoms with Crippen molar-refractivity contribution < 1.29 is 19.1 Å². The van der Waals surface area contributed by atoms with Gasteiger partial charge in [0.05, 0.1) is 6.04 Å². The molecule has 3 amide bonds. The van der Waals surface area contributed by atoms with Crippen LogP contribution in [0.4, 0.5) is 4.79 Å². The predicted molar refractivity (Wildman–Crippen MR) is 141 cm³/mol. The van der Waals surface area contributed by atoms with Gasteiger partial charge in [0.1, 0.15) is 18.3 Å². The number of amides is 3. The largest absolute Gasteiger partial charge is 0.445 e. The van der Waals surface area contributed by atoms with Gasteiger partial charge >= 0.3 is 6.09 Å². The maximum atomic E-state index is 13.2. The molecule has 1 aliphatic rings. The van der Waals surface area contributed by atoms with E-state index in [2.05, 4.69) is 15.6 Å². The molecule has 1 aliphatic heterocycles. The number of benzene rings is 2. The molecule has 1 aromatic heterocycles. The highest BCUT2D eigenvalue weighted by Gasteiger charge is 2.41. The van der Waals surface area contributed by atoms with Crippen LogP contribution in [0.2, 0.25) is 0 Å². The Kier molecular flexibility index (Phi) is 7.86. The van der Waals surface area contributed by atoms with Gasteiger partial charge in [-0.25, -0.2) is 4.79 Å². The van der Waals surface area contributed by atoms with Gasteiger partial charge in [0.15, 0.2) is 0 Å². The highest BCUT2D eigenvalue weighted by Crippen LogP contribution is 2.24. The van der Waals surface area contributed by atoms with Gasteiger partial charge in [0.25, 0.3) is 5.91 Å². The van der Waals surface area contributed by atoms with Gasteiger partial charge in [-0.2, -0.15) is 0 Å². The van der Waals surface area contributed by atoms with Crippen LogP contribution in [0.25, 0.3) is 11.1 Å². The summed E-state index contributed by atoms with van der Waals surface area (Å²) in [7, 11) is 0. The number of alkyl carbamates (subject to hydrolysis) is 1. The minimum Gasteiger partial charge on any atom is -0.445 e. The van der Waals surface area contributed by atoms with Crippen LogP contribution in [0.3, 0.4) is 0 Å². The maximum absolute atomic E-state index is 13.2. The Morgan fingerprint density at radius 2 is 1.59 bits per heavy atom. The number of carbonyl (C=O) groups excluding carboxylic acids is 3. The Hall–Kier alpha value is -4.20. The molecule has 0 spiro atoms. The number of hydrogen-bond acceptors (Lipinski definition) is 5. The second-order valence-electron chi connectivity index (χ2n) is 10.2. The molecule has 192 valence electrons. The van der Waals surface area contributed by atoms with E-state index in [1.165, 1.54) is 0 Å². The molecule has 2 aromatic carbocycles. The molecule has 0 radical (unpaired) electrons. The van der Waals surface area contributed by atoms with Gasteiger partial charge in [0.2, 0.25) is 5.91 Å². The molecule has 2 heterocycles. The Balaban J connectivity index is 1.27. The van der Waals surface area contributed by atoms with Gasteiger partial charge < -0.3 is 20.3 Å². The van der Waals surface area contributed by atoms with Crippen LogP contribution in [0.5, 0.6) is 0 Å². The first-order valence-electron chi connectivity index (χ1n) is 12.3. The van der Waals surface area contributed by atoms with Crippen molar-refractivity contribution in [3.05, 3.63) is 90.3 Å². The summed E-state index contributed by atoms with van der Waals surface area (Å²) in [6.45, 7) is 6.50. The summed E-state index contributed by atoms with van der Waals surface area (Å²) in [4.78, 5) is 44.2. The Morgan fingerprint density at radius 3 is 2.19 bits per heavy atom. The minimum absolute atomic E-state index is 0.121. The lowest BCUT2D eigenvalue weighted by atomic mass is 9.85. The van der Waals surface area contributed by atoms with E-state index in [0.717, 1.165) is 16.7 Å². The molecule has 2 N–H and O–H groups in total. The van der Waals surface area contributed by atoms with Crippen LogP contribution in [-0.4, -0.2) is 53.0 Å². The molecule has 8 nitrogen and oxygen atoms in total. The van der Waals surface area contributed by atoms with Crippen LogP contribution in [0.15, 0.2) is 79.0 Å². The Morgan fingerprint density at radius 1 is 0.946 bits per heavy atom. The van der Waals surface area contributed by atoms with E-state index in [1.807, 2.05) is 87.5 Å². The molecule has 0 saturated carbocycles. The molecule has 4 rings (SSSR count). The summed E-state index contributed by atoms with van der Waals surface area (Å²) in [5.41, 5.74) is 2.62. The zero-order valence-electron chi connectivity index (χ0n) is 21.3. The normalized spacial score (nSPS) is 14.3. The van der Waals surface area contributed by atoms with Gasteiger partial charge in [-0.15, -0.1) is 0 Å². The fraction of sp³-hybridized carbons (Fsp3) is 0.310. The Bertz CT molecular complexity index is 1220. The minimum atomic E-state index is -0.764. The summed E-state index contributed by atoms with van der Waals surface area (Å²) < 4.78 is 5.31. The number of aromatic nitrogens is 1. The summed E-state index contributed by atoms with van der Waals surface area (Å²) in [5.74, 6) is -0.494. The lowest BCUT2D eigenvalue weighted by molar-refractivity contribution is -0.140. The molecule has 1 saturated heterocycles. The van der Waals surface area contributed by atoms with E-state index < -0.39 is 17.6 Å². The van der Waals surface area contributed by atoms with E-state index in [1.54, 1.807) is 17.2 Å². The van der Waals surface area contributed by atoms with Crippen LogP contribution >= 0.6 is 0 Å². The van der Waals surface area contributed by atoms with Crippen molar-refractivity contribution in [1.29, 1.82) is 0 Å². The van der Waals surface area contributed by atoms with E-state index in [9.17, 15) is 14.4 Å². The average molecular weight is 501 g/mol. The maximum Gasteiger partial charge on any atom is 0.408 e. The van der Waals surface area contributed by atoms with Crippen molar-refractivity contribution >= 4 is 17.9 Å². The third-order valence-electron chi connectivity index (χ3n) is 6.22. The van der Waals surface area contributed by atoms with Crippen LogP contribution in [-0.2, 0) is 16.1 Å². The van der Waals surface area contributed by atoms with Gasteiger partial charge in [0, 0.05) is 24.8 Å². The first kappa shape index (κ1) is 25.9. The molecule has 0 aliphatic carbocycles. The standard InChI is InChI=1S/C29H32N4O4/c1-29(2,3)25(32-28(36)37-19-20-10-6-4-7-11-20)27(35)33-17-23(18-33)31-26(34)24-15-14-22(16-30-24)21-12-8-5-9-13-21/h4-16,23,25H,17-19H2,1-3H3,(H,31,34)(H,32,36). The molecule has 0 bridgehead atoms. The summed E-state index contributed by atoms with van der Waals surface area (Å²) in [6.07, 6.45) is 1.03. The Labute approximate surface area is 217 Å². The molecule has 1 fully saturated rings. The van der Waals surface area contributed by atoms with E-state index in [0.29, 0.717) is 18.8 Å². The van der Waals surface area contributed by atoms with Crippen molar-refractivity contribution in [2.45, 2.75) is 39.5 Å². The average Bonchev–Trinajstić information content (AvgIpc) is 2.88. The van der Waals surface area contributed by atoms with Gasteiger partial charge in [-0.3, -0.25) is 14.6 Å². The molecule has 8 heteroatoms. The third kappa shape index (κ3) is 6.73. The molecule has 1 unspecified atom stereocenters. The quantitative estimate of drug-likeness (QED) is 0.510. The predicted octanol–water partition coefficient (Wildman–Crippen LogP) is 4.03. The van der Waals surface area contributed by atoms with Crippen molar-refractivity contribution in [3.8, 4) is 11.1 Å². The summed E-state index contributed by atoms with van der Waals surface area (Å²) in [6, 6.07) is 21.8. The molecule has 37 heavy (non-hydrogen) atoms. The lowest BCUT2D eigenvalue weighted by Crippen LogP contribution is -2.66. The number of likely N-dealkylation sites (tertiary alicyclic amines) is 1. The highest BCUT2D eigenvalue weighted by atomic mass is 16.5. The first-order chi connectivity index (χ1) is 17.7. The molecular formula is C29H32N4O4. The van der Waals surface area contributed by atoms with Crippen LogP contribution < -0.4 is 10.6 Å². The number of rotatable bonds is 7. The summed E-state index contributed by atoms with van der Waals surface area (Å²) >= 11 is 0. The zero-order chi connectivity index (χ0) is 26.4. The monoisotopic (exact) mass is 500 g/mol. The van der Waals surface area contributed by atoms with Crippen molar-refractivity contribution in [2.75, 3.05) is 13.1 Å². The smallest absolute Gasteiger partial charge is 0.408 e. The fourth-order valence-electron chi connectivity index (χ4n) is 4.05. The van der Waals surface area contributed by atoms with E-state index in [-0.39, 0.29) is 24.5 Å². The van der Waals surface area contributed by atoms with Gasteiger partial charge in [-0.1, -0.05) is 87.5 Å². The van der Waals surface area contributed by atoms with Crippen molar-refractivity contribution in [3.63, 3.8) is 0 Å². The van der Waals surface area contributed by atoms with Crippen molar-refractivity contribution in [2.24, 2.45) is 5.41 Å². The van der Waals surface area contributed by atoms with Crippen LogP contribution in [0, 0.1) is 5.41 Å². The number of carbonyl (C=O) groups is 3. The first-order valence-corrected chi connectivity index (χ1v) is 12.3. The topological polar surface area (TPSA) is 101 Å². The number of nitrogens with one attached hydrogen (secondary N) is 2. The number of pyridine rings is 1. The summed E-state index contributed by atoms with van der Waals surface area (Å²) in [5, 5.41) is 5.65. The van der Waals surface area contributed by atoms with Crippen LogP contribution in [0.1, 0.15) is 36.8 Å². The fourth-order valence-corrected chi connectivity index (χ4v) is 4.05. The lowest BCUT2D eigenvalue weighted by Gasteiger charge is -2.43. The molecular weight excluding hydrogens is 468 g/mol. The molecule has 3 aromatic rings. The van der Waals surface area contributed by atoms with Gasteiger partial charge in [-0.05, 0) is 22.6 Å². The molecule has 1 atom stereocenters. The zero-order valence-corrected chi connectivity index (χ0v) is 21.3. The second kappa shape index (κ2) is 11.2. The number of nitrogens with zero attached hydrogens (tertiary/aromatic N) is 2. The SMILES string of the molecule is CC(C)(C)C(NC(=O)OCc1ccccc1)C(=O)N1CC(NC(=O)c2ccc(-c3ccccc3)cn2)C1.